The highest BCUT2D eigenvalue weighted by atomic mass is 35.5. The molecule has 5 nitrogen and oxygen atoms in total. The lowest BCUT2D eigenvalue weighted by molar-refractivity contribution is -0.137. The molecule has 0 saturated carbocycles. The van der Waals surface area contributed by atoms with E-state index in [0.29, 0.717) is 12.1 Å². The van der Waals surface area contributed by atoms with E-state index >= 15 is 0 Å². The summed E-state index contributed by atoms with van der Waals surface area (Å²) in [4.78, 5) is 21.8. The van der Waals surface area contributed by atoms with Gasteiger partial charge in [0.1, 0.15) is 0 Å². The van der Waals surface area contributed by atoms with Gasteiger partial charge in [-0.25, -0.2) is 0 Å². The van der Waals surface area contributed by atoms with Crippen molar-refractivity contribution in [2.24, 2.45) is 7.05 Å². The maximum atomic E-state index is 11.6. The van der Waals surface area contributed by atoms with Gasteiger partial charge < -0.3 is 14.4 Å². The van der Waals surface area contributed by atoms with Gasteiger partial charge in [-0.2, -0.15) is 0 Å². The van der Waals surface area contributed by atoms with Crippen LogP contribution >= 0.6 is 11.6 Å². The first-order valence-corrected chi connectivity index (χ1v) is 5.68. The number of alkyl halides is 1. The number of carbonyl (C=O) groups is 1. The van der Waals surface area contributed by atoms with Gasteiger partial charge in [0.05, 0.1) is 18.7 Å². The molecule has 0 aromatic carbocycles. The first-order chi connectivity index (χ1) is 8.04. The van der Waals surface area contributed by atoms with Crippen LogP contribution in [0.4, 0.5) is 0 Å². The van der Waals surface area contributed by atoms with E-state index in [0.717, 1.165) is 0 Å². The summed E-state index contributed by atoms with van der Waals surface area (Å²) in [5.41, 5.74) is 0.462. The normalized spacial score (nSPS) is 10.2. The van der Waals surface area contributed by atoms with Crippen molar-refractivity contribution in [1.29, 1.82) is 0 Å². The van der Waals surface area contributed by atoms with Gasteiger partial charge in [-0.3, -0.25) is 9.59 Å². The smallest absolute Gasteiger partial charge is 0.303 e. The molecule has 0 saturated heterocycles. The molecule has 0 fully saturated rings. The van der Waals surface area contributed by atoms with Crippen molar-refractivity contribution in [2.45, 2.75) is 18.7 Å². The summed E-state index contributed by atoms with van der Waals surface area (Å²) >= 11 is 5.65. The number of aromatic nitrogens is 1. The molecule has 0 amide bonds. The molecule has 0 spiro atoms. The molecule has 1 aromatic heterocycles. The standard InChI is InChI=1S/C11H14ClNO4/c1-13-7-10(9(14)5-8(13)6-12)17-4-2-3-11(15)16/h5,7H,2-4,6H2,1H3,(H,15,16). The second-order valence-electron chi connectivity index (χ2n) is 3.58. The third-order valence-electron chi connectivity index (χ3n) is 2.23. The number of hydrogen-bond donors (Lipinski definition) is 1. The minimum atomic E-state index is -0.876. The van der Waals surface area contributed by atoms with Crippen LogP contribution in [0, 0.1) is 0 Å². The van der Waals surface area contributed by atoms with Crippen molar-refractivity contribution >= 4 is 17.6 Å². The van der Waals surface area contributed by atoms with Crippen LogP contribution in [-0.2, 0) is 17.7 Å². The zero-order valence-electron chi connectivity index (χ0n) is 9.48. The van der Waals surface area contributed by atoms with Crippen molar-refractivity contribution < 1.29 is 14.6 Å². The van der Waals surface area contributed by atoms with Crippen LogP contribution in [0.15, 0.2) is 17.1 Å². The van der Waals surface area contributed by atoms with Crippen molar-refractivity contribution in [1.82, 2.24) is 4.57 Å². The molecule has 1 rings (SSSR count). The number of halogens is 1. The fourth-order valence-electron chi connectivity index (χ4n) is 1.29. The van der Waals surface area contributed by atoms with Gasteiger partial charge in [-0.05, 0) is 6.42 Å². The SMILES string of the molecule is Cn1cc(OCCCC(=O)O)c(=O)cc1CCl. The molecule has 0 aliphatic carbocycles. The van der Waals surface area contributed by atoms with Crippen LogP contribution in [0.3, 0.4) is 0 Å². The van der Waals surface area contributed by atoms with Crippen LogP contribution in [0.1, 0.15) is 18.5 Å². The van der Waals surface area contributed by atoms with E-state index in [1.54, 1.807) is 17.8 Å². The summed E-state index contributed by atoms with van der Waals surface area (Å²) in [5, 5.41) is 8.44. The van der Waals surface area contributed by atoms with E-state index in [1.807, 2.05) is 0 Å². The predicted octanol–water partition coefficient (Wildman–Crippen LogP) is 1.37. The number of nitrogens with zero attached hydrogens (tertiary/aromatic N) is 1. The summed E-state index contributed by atoms with van der Waals surface area (Å²) in [6.07, 6.45) is 1.95. The fraction of sp³-hybridized carbons (Fsp3) is 0.455. The van der Waals surface area contributed by atoms with E-state index in [2.05, 4.69) is 0 Å². The molecular weight excluding hydrogens is 246 g/mol. The molecule has 0 aliphatic rings. The zero-order chi connectivity index (χ0) is 12.8. The van der Waals surface area contributed by atoms with Crippen molar-refractivity contribution in [3.8, 4) is 5.75 Å². The fourth-order valence-corrected chi connectivity index (χ4v) is 1.56. The Morgan fingerprint density at radius 1 is 1.59 bits per heavy atom. The topological polar surface area (TPSA) is 68.5 Å². The third kappa shape index (κ3) is 4.11. The monoisotopic (exact) mass is 259 g/mol. The number of carboxylic acid groups (broad SMARTS) is 1. The van der Waals surface area contributed by atoms with E-state index in [9.17, 15) is 9.59 Å². The number of carboxylic acids is 1. The molecule has 1 heterocycles. The number of aliphatic carboxylic acids is 1. The Balaban J connectivity index is 2.63. The molecule has 94 valence electrons. The molecule has 1 aromatic rings. The van der Waals surface area contributed by atoms with Crippen LogP contribution in [0.5, 0.6) is 5.75 Å². The average molecular weight is 260 g/mol. The zero-order valence-corrected chi connectivity index (χ0v) is 10.2. The van der Waals surface area contributed by atoms with Gasteiger partial charge in [0, 0.05) is 25.2 Å². The molecule has 0 aliphatic heterocycles. The molecule has 0 atom stereocenters. The highest BCUT2D eigenvalue weighted by molar-refractivity contribution is 6.16. The summed E-state index contributed by atoms with van der Waals surface area (Å²) in [5.74, 6) is -0.406. The number of hydrogen-bond acceptors (Lipinski definition) is 3. The van der Waals surface area contributed by atoms with Gasteiger partial charge in [-0.1, -0.05) is 0 Å². The third-order valence-corrected chi connectivity index (χ3v) is 2.51. The Bertz CT molecular complexity index is 455. The molecule has 17 heavy (non-hydrogen) atoms. The van der Waals surface area contributed by atoms with Crippen molar-refractivity contribution in [3.63, 3.8) is 0 Å². The Morgan fingerprint density at radius 2 is 2.29 bits per heavy atom. The van der Waals surface area contributed by atoms with Crippen LogP contribution in [0.2, 0.25) is 0 Å². The number of aryl methyl sites for hydroxylation is 1. The highest BCUT2D eigenvalue weighted by Crippen LogP contribution is 2.08. The minimum absolute atomic E-state index is 0.0279. The molecule has 0 radical (unpaired) electrons. The van der Waals surface area contributed by atoms with Crippen molar-refractivity contribution in [2.75, 3.05) is 6.61 Å². The highest BCUT2D eigenvalue weighted by Gasteiger charge is 2.05. The quantitative estimate of drug-likeness (QED) is 0.619. The second-order valence-corrected chi connectivity index (χ2v) is 3.85. The van der Waals surface area contributed by atoms with Crippen LogP contribution in [0.25, 0.3) is 0 Å². The van der Waals surface area contributed by atoms with Crippen molar-refractivity contribution in [3.05, 3.63) is 28.2 Å². The van der Waals surface area contributed by atoms with Crippen LogP contribution in [-0.4, -0.2) is 22.2 Å². The van der Waals surface area contributed by atoms with Gasteiger partial charge in [0.25, 0.3) is 0 Å². The molecule has 0 bridgehead atoms. The maximum absolute atomic E-state index is 11.6. The Morgan fingerprint density at radius 3 is 2.88 bits per heavy atom. The first-order valence-electron chi connectivity index (χ1n) is 5.14. The summed E-state index contributed by atoms with van der Waals surface area (Å²) < 4.78 is 6.94. The summed E-state index contributed by atoms with van der Waals surface area (Å²) in [6.45, 7) is 0.210. The molecule has 0 unspecified atom stereocenters. The predicted molar refractivity (Wildman–Crippen MR) is 63.6 cm³/mol. The maximum Gasteiger partial charge on any atom is 0.303 e. The minimum Gasteiger partial charge on any atom is -0.488 e. The Labute approximate surface area is 104 Å². The lowest BCUT2D eigenvalue weighted by Crippen LogP contribution is -2.14. The molecule has 1 N–H and O–H groups in total. The Kier molecular flexibility index (Phi) is 5.03. The molecule has 6 heteroatoms. The largest absolute Gasteiger partial charge is 0.488 e. The number of ether oxygens (including phenoxy) is 1. The summed E-state index contributed by atoms with van der Waals surface area (Å²) in [6, 6.07) is 1.42. The average Bonchev–Trinajstić information content (AvgIpc) is 2.28. The molecular formula is C11H14ClNO4. The lowest BCUT2D eigenvalue weighted by atomic mass is 10.3. The van der Waals surface area contributed by atoms with E-state index < -0.39 is 5.97 Å². The number of pyridine rings is 1. The van der Waals surface area contributed by atoms with Gasteiger partial charge in [-0.15, -0.1) is 11.6 Å². The first kappa shape index (κ1) is 13.6. The van der Waals surface area contributed by atoms with E-state index in [4.69, 9.17) is 21.4 Å². The lowest BCUT2D eigenvalue weighted by Gasteiger charge is -2.09. The van der Waals surface area contributed by atoms with E-state index in [-0.39, 0.29) is 30.1 Å². The van der Waals surface area contributed by atoms with Gasteiger partial charge in [0.2, 0.25) is 5.43 Å². The van der Waals surface area contributed by atoms with Gasteiger partial charge in [0.15, 0.2) is 5.75 Å². The summed E-state index contributed by atoms with van der Waals surface area (Å²) in [7, 11) is 1.77. The van der Waals surface area contributed by atoms with Crippen LogP contribution < -0.4 is 10.2 Å². The number of rotatable bonds is 6. The Hall–Kier alpha value is -1.49. The van der Waals surface area contributed by atoms with Gasteiger partial charge >= 0.3 is 5.97 Å². The second kappa shape index (κ2) is 6.30. The van der Waals surface area contributed by atoms with E-state index in [1.165, 1.54) is 6.07 Å².